The highest BCUT2D eigenvalue weighted by molar-refractivity contribution is 7.80. The Morgan fingerprint density at radius 1 is 1.16 bits per heavy atom. The number of thiocarbonyl (C=S) groups is 1. The Morgan fingerprint density at radius 2 is 1.96 bits per heavy atom. The second-order valence-corrected chi connectivity index (χ2v) is 6.65. The van der Waals surface area contributed by atoms with Crippen molar-refractivity contribution in [3.8, 4) is 5.75 Å². The third kappa shape index (κ3) is 2.99. The average Bonchev–Trinajstić information content (AvgIpc) is 3.12. The molecule has 2 aromatic rings. The van der Waals surface area contributed by atoms with E-state index in [1.165, 1.54) is 0 Å². The van der Waals surface area contributed by atoms with Gasteiger partial charge in [-0.05, 0) is 29.9 Å². The summed E-state index contributed by atoms with van der Waals surface area (Å²) in [6.45, 7) is 0.875. The Kier molecular flexibility index (Phi) is 4.15. The second-order valence-electron chi connectivity index (χ2n) is 6.29. The van der Waals surface area contributed by atoms with E-state index in [0.29, 0.717) is 36.1 Å². The average molecular weight is 354 g/mol. The molecule has 5 nitrogen and oxygen atoms in total. The molecular formula is C19H18N2O3S. The second kappa shape index (κ2) is 6.46. The number of hydrogen-bond acceptors (Lipinski definition) is 4. The van der Waals surface area contributed by atoms with E-state index in [1.807, 2.05) is 54.6 Å². The van der Waals surface area contributed by atoms with Crippen LogP contribution in [-0.2, 0) is 11.4 Å². The lowest BCUT2D eigenvalue weighted by atomic mass is 10.2. The summed E-state index contributed by atoms with van der Waals surface area (Å²) in [6.07, 6.45) is -0.0609. The molecule has 6 heteroatoms. The first-order chi connectivity index (χ1) is 12.1. The maximum atomic E-state index is 12.7. The van der Waals surface area contributed by atoms with Gasteiger partial charge in [0.05, 0.1) is 11.8 Å². The number of fused-ring (bicyclic) bond motifs is 1. The van der Waals surface area contributed by atoms with Gasteiger partial charge in [0.2, 0.25) is 0 Å². The number of anilines is 1. The molecule has 0 saturated carbocycles. The van der Waals surface area contributed by atoms with Crippen LogP contribution in [0.2, 0.25) is 0 Å². The van der Waals surface area contributed by atoms with Crippen molar-refractivity contribution in [1.29, 1.82) is 0 Å². The summed E-state index contributed by atoms with van der Waals surface area (Å²) in [4.78, 5) is 16.0. The predicted molar refractivity (Wildman–Crippen MR) is 98.4 cm³/mol. The van der Waals surface area contributed by atoms with Gasteiger partial charge in [0, 0.05) is 19.0 Å². The lowest BCUT2D eigenvalue weighted by Gasteiger charge is -2.20. The maximum Gasteiger partial charge on any atom is 0.256 e. The number of amides is 1. The lowest BCUT2D eigenvalue weighted by Crippen LogP contribution is -2.34. The van der Waals surface area contributed by atoms with Crippen molar-refractivity contribution in [3.05, 3.63) is 60.2 Å². The zero-order chi connectivity index (χ0) is 17.4. The van der Waals surface area contributed by atoms with Crippen molar-refractivity contribution in [2.24, 2.45) is 0 Å². The fourth-order valence-corrected chi connectivity index (χ4v) is 3.72. The summed E-state index contributed by atoms with van der Waals surface area (Å²) >= 11 is 5.45. The number of carbonyl (C=O) groups excluding carboxylic acids is 1. The third-order valence-electron chi connectivity index (χ3n) is 4.55. The number of aliphatic hydroxyl groups excluding tert-OH is 1. The molecule has 128 valence electrons. The molecule has 2 aliphatic rings. The van der Waals surface area contributed by atoms with Gasteiger partial charge < -0.3 is 14.7 Å². The molecule has 2 heterocycles. The van der Waals surface area contributed by atoms with Crippen molar-refractivity contribution in [2.75, 3.05) is 11.4 Å². The van der Waals surface area contributed by atoms with E-state index in [2.05, 4.69) is 0 Å². The molecule has 2 fully saturated rings. The van der Waals surface area contributed by atoms with Crippen LogP contribution in [-0.4, -0.2) is 39.7 Å². The molecule has 2 aliphatic heterocycles. The van der Waals surface area contributed by atoms with Gasteiger partial charge in [-0.3, -0.25) is 9.69 Å². The predicted octanol–water partition coefficient (Wildman–Crippen LogP) is 2.33. The Morgan fingerprint density at radius 3 is 2.72 bits per heavy atom. The zero-order valence-electron chi connectivity index (χ0n) is 13.5. The highest BCUT2D eigenvalue weighted by Crippen LogP contribution is 2.33. The van der Waals surface area contributed by atoms with Gasteiger partial charge in [0.15, 0.2) is 5.11 Å². The summed E-state index contributed by atoms with van der Waals surface area (Å²) in [5.41, 5.74) is 1.78. The van der Waals surface area contributed by atoms with Gasteiger partial charge in [-0.1, -0.05) is 36.4 Å². The monoisotopic (exact) mass is 354 g/mol. The number of aliphatic hydroxyl groups is 1. The molecule has 1 amide bonds. The van der Waals surface area contributed by atoms with Crippen LogP contribution in [0.1, 0.15) is 12.0 Å². The molecule has 1 N–H and O–H groups in total. The largest absolute Gasteiger partial charge is 0.489 e. The number of ether oxygens (including phenoxy) is 1. The molecular weight excluding hydrogens is 336 g/mol. The van der Waals surface area contributed by atoms with Crippen molar-refractivity contribution in [2.45, 2.75) is 25.2 Å². The Balaban J connectivity index is 1.52. The van der Waals surface area contributed by atoms with E-state index >= 15 is 0 Å². The van der Waals surface area contributed by atoms with E-state index in [0.717, 1.165) is 5.56 Å². The van der Waals surface area contributed by atoms with Crippen LogP contribution in [0.15, 0.2) is 54.6 Å². The fraction of sp³-hybridized carbons (Fsp3) is 0.263. The minimum atomic E-state index is -0.491. The van der Waals surface area contributed by atoms with Gasteiger partial charge >= 0.3 is 0 Å². The smallest absolute Gasteiger partial charge is 0.256 e. The minimum Gasteiger partial charge on any atom is -0.489 e. The molecule has 2 saturated heterocycles. The van der Waals surface area contributed by atoms with Crippen LogP contribution in [0, 0.1) is 0 Å². The molecule has 2 atom stereocenters. The van der Waals surface area contributed by atoms with Crippen molar-refractivity contribution >= 4 is 28.9 Å². The number of hydrogen-bond donors (Lipinski definition) is 1. The normalized spacial score (nSPS) is 22.4. The molecule has 2 aromatic carbocycles. The van der Waals surface area contributed by atoms with E-state index in [4.69, 9.17) is 17.0 Å². The first-order valence-corrected chi connectivity index (χ1v) is 8.64. The standard InChI is InChI=1S/C19H18N2O3S/c22-15-10-17-18(23)21(19(25)20(17)11-15)14-7-4-8-16(9-14)24-12-13-5-2-1-3-6-13/h1-9,15,17,22H,10-12H2/t15-,17+/m1/s1. The summed E-state index contributed by atoms with van der Waals surface area (Å²) < 4.78 is 5.84. The Labute approximate surface area is 151 Å². The summed E-state index contributed by atoms with van der Waals surface area (Å²) in [5.74, 6) is 0.603. The fourth-order valence-electron chi connectivity index (χ4n) is 3.32. The van der Waals surface area contributed by atoms with Crippen LogP contribution >= 0.6 is 12.2 Å². The summed E-state index contributed by atoms with van der Waals surface area (Å²) in [5, 5.41) is 10.2. The van der Waals surface area contributed by atoms with Crippen LogP contribution in [0.5, 0.6) is 5.75 Å². The van der Waals surface area contributed by atoms with Crippen LogP contribution < -0.4 is 9.64 Å². The van der Waals surface area contributed by atoms with E-state index in [9.17, 15) is 9.90 Å². The van der Waals surface area contributed by atoms with Crippen LogP contribution in [0.25, 0.3) is 0 Å². The summed E-state index contributed by atoms with van der Waals surface area (Å²) in [6, 6.07) is 16.9. The van der Waals surface area contributed by atoms with E-state index in [-0.39, 0.29) is 11.9 Å². The summed E-state index contributed by atoms with van der Waals surface area (Å²) in [7, 11) is 0. The molecule has 0 unspecified atom stereocenters. The topological polar surface area (TPSA) is 53.0 Å². The molecule has 0 radical (unpaired) electrons. The first kappa shape index (κ1) is 16.1. The molecule has 25 heavy (non-hydrogen) atoms. The first-order valence-electron chi connectivity index (χ1n) is 8.23. The number of benzene rings is 2. The quantitative estimate of drug-likeness (QED) is 0.854. The molecule has 4 rings (SSSR count). The van der Waals surface area contributed by atoms with Crippen molar-refractivity contribution in [1.82, 2.24) is 4.90 Å². The lowest BCUT2D eigenvalue weighted by molar-refractivity contribution is -0.119. The van der Waals surface area contributed by atoms with Gasteiger partial charge in [-0.2, -0.15) is 0 Å². The van der Waals surface area contributed by atoms with Crippen LogP contribution in [0.4, 0.5) is 5.69 Å². The molecule has 0 spiro atoms. The number of rotatable bonds is 4. The van der Waals surface area contributed by atoms with E-state index in [1.54, 1.807) is 9.80 Å². The molecule has 0 bridgehead atoms. The molecule has 0 aromatic heterocycles. The minimum absolute atomic E-state index is 0.0817. The van der Waals surface area contributed by atoms with Crippen molar-refractivity contribution < 1.29 is 14.6 Å². The number of carbonyl (C=O) groups is 1. The highest BCUT2D eigenvalue weighted by atomic mass is 32.1. The van der Waals surface area contributed by atoms with E-state index < -0.39 is 6.10 Å². The van der Waals surface area contributed by atoms with Gasteiger partial charge in [-0.25, -0.2) is 0 Å². The van der Waals surface area contributed by atoms with Gasteiger partial charge in [-0.15, -0.1) is 0 Å². The highest BCUT2D eigenvalue weighted by Gasteiger charge is 2.48. The molecule has 0 aliphatic carbocycles. The van der Waals surface area contributed by atoms with Crippen LogP contribution in [0.3, 0.4) is 0 Å². The Bertz CT molecular complexity index is 787. The third-order valence-corrected chi connectivity index (χ3v) is 4.96. The zero-order valence-corrected chi connectivity index (χ0v) is 14.4. The Hall–Kier alpha value is -2.44. The SMILES string of the molecule is O=C1[C@@H]2C[C@@H](O)CN2C(=S)N1c1cccc(OCc2ccccc2)c1. The van der Waals surface area contributed by atoms with Crippen molar-refractivity contribution in [3.63, 3.8) is 0 Å². The maximum absolute atomic E-state index is 12.7. The van der Waals surface area contributed by atoms with Gasteiger partial charge in [0.25, 0.3) is 5.91 Å². The van der Waals surface area contributed by atoms with Gasteiger partial charge in [0.1, 0.15) is 18.4 Å². The number of nitrogens with zero attached hydrogens (tertiary/aromatic N) is 2.